The summed E-state index contributed by atoms with van der Waals surface area (Å²) < 4.78 is 16.6. The lowest BCUT2D eigenvalue weighted by Gasteiger charge is -2.36. The van der Waals surface area contributed by atoms with Crippen molar-refractivity contribution in [2.75, 3.05) is 26.6 Å². The summed E-state index contributed by atoms with van der Waals surface area (Å²) >= 11 is 0. The normalized spacial score (nSPS) is 20.0. The molecular formula is C26H28N2O5. The van der Waals surface area contributed by atoms with E-state index in [1.807, 2.05) is 31.2 Å². The van der Waals surface area contributed by atoms with Crippen LogP contribution in [0.5, 0.6) is 17.2 Å². The number of hydrogen-bond acceptors (Lipinski definition) is 6. The molecule has 2 aromatic rings. The van der Waals surface area contributed by atoms with Crippen molar-refractivity contribution in [1.29, 1.82) is 0 Å². The number of nitrogens with zero attached hydrogens (tertiary/aromatic N) is 1. The maximum absolute atomic E-state index is 13.7. The van der Waals surface area contributed by atoms with Crippen LogP contribution >= 0.6 is 0 Å². The quantitative estimate of drug-likeness (QED) is 0.702. The molecule has 1 amide bonds. The third-order valence-electron chi connectivity index (χ3n) is 6.28. The highest BCUT2D eigenvalue weighted by Crippen LogP contribution is 2.48. The van der Waals surface area contributed by atoms with Crippen LogP contribution in [0.3, 0.4) is 0 Å². The molecule has 1 heterocycles. The number of amides is 1. The molecule has 7 heteroatoms. The molecule has 1 N–H and O–H groups in total. The number of hydrogen-bond donors (Lipinski definition) is 1. The summed E-state index contributed by atoms with van der Waals surface area (Å²) in [4.78, 5) is 31.6. The number of para-hydroxylation sites is 3. The summed E-state index contributed by atoms with van der Waals surface area (Å²) in [5, 5.41) is 2.96. The first-order valence-corrected chi connectivity index (χ1v) is 11.0. The highest BCUT2D eigenvalue weighted by Gasteiger charge is 2.44. The minimum Gasteiger partial charge on any atom is -0.495 e. The number of allylic oxidation sites excluding steroid dienone is 1. The molecule has 172 valence electrons. The highest BCUT2D eigenvalue weighted by atomic mass is 16.5. The number of nitrogens with one attached hydrogen (secondary N) is 1. The van der Waals surface area contributed by atoms with Gasteiger partial charge in [-0.15, -0.1) is 0 Å². The molecule has 1 fully saturated rings. The van der Waals surface area contributed by atoms with Crippen LogP contribution in [0.4, 0.5) is 5.69 Å². The summed E-state index contributed by atoms with van der Waals surface area (Å²) in [5.74, 6) is 0.322. The molecule has 2 aromatic carbocycles. The van der Waals surface area contributed by atoms with Gasteiger partial charge in [-0.3, -0.25) is 14.6 Å². The number of carbonyl (C=O) groups excluding carboxylic acids is 2. The monoisotopic (exact) mass is 448 g/mol. The molecule has 1 aliphatic carbocycles. The van der Waals surface area contributed by atoms with E-state index in [1.54, 1.807) is 39.5 Å². The van der Waals surface area contributed by atoms with Gasteiger partial charge in [0.1, 0.15) is 11.5 Å². The second-order valence-corrected chi connectivity index (χ2v) is 8.11. The number of methoxy groups -OCH3 is 3. The summed E-state index contributed by atoms with van der Waals surface area (Å²) in [7, 11) is 4.68. The number of fused-ring (bicyclic) bond motifs is 1. The van der Waals surface area contributed by atoms with Gasteiger partial charge in [0.25, 0.3) is 5.91 Å². The van der Waals surface area contributed by atoms with Gasteiger partial charge in [-0.05, 0) is 38.0 Å². The van der Waals surface area contributed by atoms with Crippen molar-refractivity contribution in [2.45, 2.75) is 32.1 Å². The number of ether oxygens (including phenoxy) is 3. The molecule has 0 saturated heterocycles. The number of Topliss-reactive ketones (excluding diaryl/α,β-unsaturated/α-hetero) is 1. The van der Waals surface area contributed by atoms with Gasteiger partial charge in [0.15, 0.2) is 11.5 Å². The van der Waals surface area contributed by atoms with E-state index in [0.29, 0.717) is 40.6 Å². The van der Waals surface area contributed by atoms with Gasteiger partial charge in [-0.2, -0.15) is 0 Å². The molecule has 4 rings (SSSR count). The maximum atomic E-state index is 13.7. The van der Waals surface area contributed by atoms with Crippen molar-refractivity contribution >= 4 is 23.1 Å². The van der Waals surface area contributed by atoms with Crippen LogP contribution in [0.1, 0.15) is 37.7 Å². The van der Waals surface area contributed by atoms with Crippen molar-refractivity contribution in [3.63, 3.8) is 0 Å². The van der Waals surface area contributed by atoms with Gasteiger partial charge in [0.05, 0.1) is 32.9 Å². The van der Waals surface area contributed by atoms with Crippen LogP contribution in [-0.4, -0.2) is 38.7 Å². The Hall–Kier alpha value is -3.61. The first-order chi connectivity index (χ1) is 16.0. The van der Waals surface area contributed by atoms with E-state index in [2.05, 4.69) is 5.32 Å². The molecule has 0 aromatic heterocycles. The van der Waals surface area contributed by atoms with E-state index in [0.717, 1.165) is 24.1 Å². The lowest BCUT2D eigenvalue weighted by molar-refractivity contribution is -0.122. The van der Waals surface area contributed by atoms with Gasteiger partial charge < -0.3 is 19.5 Å². The molecule has 0 unspecified atom stereocenters. The molecule has 33 heavy (non-hydrogen) atoms. The van der Waals surface area contributed by atoms with E-state index in [-0.39, 0.29) is 11.7 Å². The maximum Gasteiger partial charge on any atom is 0.254 e. The average molecular weight is 449 g/mol. The predicted molar refractivity (Wildman–Crippen MR) is 126 cm³/mol. The fraction of sp³-hybridized carbons (Fsp3) is 0.346. The van der Waals surface area contributed by atoms with E-state index in [1.165, 1.54) is 0 Å². The molecule has 1 saturated carbocycles. The van der Waals surface area contributed by atoms with Crippen LogP contribution in [-0.2, 0) is 9.59 Å². The molecule has 0 bridgehead atoms. The van der Waals surface area contributed by atoms with Gasteiger partial charge in [-0.25, -0.2) is 0 Å². The zero-order valence-corrected chi connectivity index (χ0v) is 19.3. The van der Waals surface area contributed by atoms with E-state index < -0.39 is 11.8 Å². The van der Waals surface area contributed by atoms with Crippen LogP contribution in [0.15, 0.2) is 58.7 Å². The molecule has 0 radical (unpaired) electrons. The topological polar surface area (TPSA) is 86.2 Å². The SMILES string of the molecule is COc1ccccc1NC(=O)C1=C(C)N=C2CCCC(=O)[C@@H]2[C@@H]1c1cccc(OC)c1OC. The minimum absolute atomic E-state index is 0.0879. The standard InChI is InChI=1S/C26H28N2O5/c1-15-22(26(30)28-17-10-5-6-13-20(17)31-2)23(24-18(27-15)11-8-12-19(24)29)16-9-7-14-21(32-3)25(16)33-4/h5-7,9-10,13-14,23-24H,8,11-12H2,1-4H3,(H,28,30)/t23-,24-/m1/s1. The predicted octanol–water partition coefficient (Wildman–Crippen LogP) is 4.53. The molecule has 0 spiro atoms. The highest BCUT2D eigenvalue weighted by molar-refractivity contribution is 6.14. The number of anilines is 1. The summed E-state index contributed by atoms with van der Waals surface area (Å²) in [5.41, 5.74) is 3.14. The van der Waals surface area contributed by atoms with Crippen LogP contribution < -0.4 is 19.5 Å². The van der Waals surface area contributed by atoms with Gasteiger partial charge in [-0.1, -0.05) is 24.3 Å². The zero-order valence-electron chi connectivity index (χ0n) is 19.3. The number of rotatable bonds is 6. The molecule has 2 atom stereocenters. The number of benzene rings is 2. The van der Waals surface area contributed by atoms with Gasteiger partial charge in [0.2, 0.25) is 0 Å². The molecular weight excluding hydrogens is 420 g/mol. The summed E-state index contributed by atoms with van der Waals surface area (Å²) in [6, 6.07) is 12.7. The molecule has 1 aliphatic heterocycles. The van der Waals surface area contributed by atoms with Gasteiger partial charge >= 0.3 is 0 Å². The summed E-state index contributed by atoms with van der Waals surface area (Å²) in [6.45, 7) is 1.82. The number of carbonyl (C=O) groups is 2. The van der Waals surface area contributed by atoms with Crippen molar-refractivity contribution < 1.29 is 23.8 Å². The molecule has 7 nitrogen and oxygen atoms in total. The summed E-state index contributed by atoms with van der Waals surface area (Å²) in [6.07, 6.45) is 1.97. The first kappa shape index (κ1) is 22.6. The van der Waals surface area contributed by atoms with Crippen molar-refractivity contribution in [1.82, 2.24) is 0 Å². The van der Waals surface area contributed by atoms with Crippen molar-refractivity contribution in [3.8, 4) is 17.2 Å². The van der Waals surface area contributed by atoms with E-state index in [9.17, 15) is 9.59 Å². The fourth-order valence-corrected chi connectivity index (χ4v) is 4.85. The van der Waals surface area contributed by atoms with E-state index >= 15 is 0 Å². The van der Waals surface area contributed by atoms with Crippen molar-refractivity contribution in [2.24, 2.45) is 10.9 Å². The Balaban J connectivity index is 1.86. The Kier molecular flexibility index (Phi) is 6.49. The van der Waals surface area contributed by atoms with Crippen LogP contribution in [0.25, 0.3) is 0 Å². The average Bonchev–Trinajstić information content (AvgIpc) is 2.83. The van der Waals surface area contributed by atoms with Crippen LogP contribution in [0, 0.1) is 5.92 Å². The Morgan fingerprint density at radius 1 is 0.939 bits per heavy atom. The lowest BCUT2D eigenvalue weighted by atomic mass is 9.69. The van der Waals surface area contributed by atoms with E-state index in [4.69, 9.17) is 19.2 Å². The van der Waals surface area contributed by atoms with Crippen molar-refractivity contribution in [3.05, 3.63) is 59.3 Å². The Bertz CT molecular complexity index is 1150. The number of aliphatic imine (C=N–C) groups is 1. The second kappa shape index (κ2) is 9.48. The number of ketones is 1. The van der Waals surface area contributed by atoms with Gasteiger partial charge in [0, 0.05) is 34.9 Å². The second-order valence-electron chi connectivity index (χ2n) is 8.11. The third kappa shape index (κ3) is 4.11. The first-order valence-electron chi connectivity index (χ1n) is 11.0. The largest absolute Gasteiger partial charge is 0.495 e. The Morgan fingerprint density at radius 3 is 2.39 bits per heavy atom. The molecule has 2 aliphatic rings. The third-order valence-corrected chi connectivity index (χ3v) is 6.28. The Morgan fingerprint density at radius 2 is 1.67 bits per heavy atom. The fourth-order valence-electron chi connectivity index (χ4n) is 4.85. The smallest absolute Gasteiger partial charge is 0.254 e. The zero-order chi connectivity index (χ0) is 23.5. The van der Waals surface area contributed by atoms with Crippen LogP contribution in [0.2, 0.25) is 0 Å². The minimum atomic E-state index is -0.537. The lowest BCUT2D eigenvalue weighted by Crippen LogP contribution is -2.39. The Labute approximate surface area is 193 Å².